The first-order valence-electron chi connectivity index (χ1n) is 6.04. The van der Waals surface area contributed by atoms with E-state index in [1.807, 2.05) is 0 Å². The maximum Gasteiger partial charge on any atom is 0.0598 e. The second-order valence-electron chi connectivity index (χ2n) is 5.88. The molecular formula is C13H26O. The molecule has 1 aliphatic carbocycles. The third-order valence-electron chi connectivity index (χ3n) is 5.00. The first kappa shape index (κ1) is 12.0. The zero-order valence-corrected chi connectivity index (χ0v) is 10.4. The van der Waals surface area contributed by atoms with Crippen molar-refractivity contribution >= 4 is 0 Å². The maximum atomic E-state index is 10.2. The number of rotatable bonds is 2. The summed E-state index contributed by atoms with van der Waals surface area (Å²) in [6, 6.07) is 0. The molecule has 0 spiro atoms. The average Bonchev–Trinajstić information content (AvgIpc) is 2.12. The smallest absolute Gasteiger partial charge is 0.0598 e. The molecule has 0 heterocycles. The van der Waals surface area contributed by atoms with Gasteiger partial charge in [-0.15, -0.1) is 0 Å². The highest BCUT2D eigenvalue weighted by Gasteiger charge is 2.50. The Hall–Kier alpha value is -0.0400. The van der Waals surface area contributed by atoms with Crippen molar-refractivity contribution in [1.29, 1.82) is 0 Å². The summed E-state index contributed by atoms with van der Waals surface area (Å²) in [5.41, 5.74) is 0.375. The van der Waals surface area contributed by atoms with E-state index in [2.05, 4.69) is 34.6 Å². The highest BCUT2D eigenvalue weighted by atomic mass is 16.3. The Morgan fingerprint density at radius 1 is 1.36 bits per heavy atom. The molecule has 3 atom stereocenters. The lowest BCUT2D eigenvalue weighted by Crippen LogP contribution is -2.51. The van der Waals surface area contributed by atoms with Gasteiger partial charge in [0.25, 0.3) is 0 Å². The van der Waals surface area contributed by atoms with Gasteiger partial charge in [0.1, 0.15) is 0 Å². The summed E-state index contributed by atoms with van der Waals surface area (Å²) in [7, 11) is 0. The van der Waals surface area contributed by atoms with E-state index in [9.17, 15) is 5.11 Å². The van der Waals surface area contributed by atoms with Crippen molar-refractivity contribution in [3.05, 3.63) is 0 Å². The van der Waals surface area contributed by atoms with Gasteiger partial charge in [-0.25, -0.2) is 0 Å². The van der Waals surface area contributed by atoms with Crippen LogP contribution in [0.4, 0.5) is 0 Å². The van der Waals surface area contributed by atoms with Gasteiger partial charge in [-0.05, 0) is 24.2 Å². The van der Waals surface area contributed by atoms with Crippen LogP contribution in [-0.2, 0) is 0 Å². The van der Waals surface area contributed by atoms with Gasteiger partial charge in [-0.1, -0.05) is 47.5 Å². The fourth-order valence-corrected chi connectivity index (χ4v) is 3.29. The molecule has 0 aromatic heterocycles. The maximum absolute atomic E-state index is 10.2. The standard InChI is InChI=1S/C13H26O/c1-6-11(14)13(5)10(2)8-7-9-12(13,3)4/h10-11,14H,6-9H2,1-5H3. The van der Waals surface area contributed by atoms with E-state index in [0.29, 0.717) is 5.92 Å². The fourth-order valence-electron chi connectivity index (χ4n) is 3.29. The van der Waals surface area contributed by atoms with E-state index in [1.54, 1.807) is 0 Å². The van der Waals surface area contributed by atoms with Crippen molar-refractivity contribution in [2.75, 3.05) is 0 Å². The summed E-state index contributed by atoms with van der Waals surface area (Å²) in [4.78, 5) is 0. The van der Waals surface area contributed by atoms with Crippen molar-refractivity contribution in [3.8, 4) is 0 Å². The predicted molar refractivity (Wildman–Crippen MR) is 61.2 cm³/mol. The Balaban J connectivity index is 2.98. The first-order valence-corrected chi connectivity index (χ1v) is 6.04. The molecule has 3 unspecified atom stereocenters. The van der Waals surface area contributed by atoms with Gasteiger partial charge in [0, 0.05) is 5.41 Å². The zero-order valence-electron chi connectivity index (χ0n) is 10.4. The second-order valence-corrected chi connectivity index (χ2v) is 5.88. The van der Waals surface area contributed by atoms with Gasteiger partial charge in [0.05, 0.1) is 6.10 Å². The molecule has 1 rings (SSSR count). The van der Waals surface area contributed by atoms with Gasteiger partial charge in [0.15, 0.2) is 0 Å². The topological polar surface area (TPSA) is 20.2 Å². The normalized spacial score (nSPS) is 39.4. The molecule has 1 fully saturated rings. The van der Waals surface area contributed by atoms with E-state index in [1.165, 1.54) is 19.3 Å². The van der Waals surface area contributed by atoms with Gasteiger partial charge < -0.3 is 5.11 Å². The molecule has 1 nitrogen and oxygen atoms in total. The lowest BCUT2D eigenvalue weighted by Gasteiger charge is -2.54. The molecule has 0 saturated heterocycles. The summed E-state index contributed by atoms with van der Waals surface area (Å²) >= 11 is 0. The molecule has 0 aromatic carbocycles. The Bertz CT molecular complexity index is 191. The van der Waals surface area contributed by atoms with Crippen LogP contribution in [0.1, 0.15) is 60.3 Å². The van der Waals surface area contributed by atoms with E-state index in [0.717, 1.165) is 6.42 Å². The minimum Gasteiger partial charge on any atom is -0.393 e. The first-order chi connectivity index (χ1) is 6.36. The van der Waals surface area contributed by atoms with Crippen molar-refractivity contribution in [2.24, 2.45) is 16.7 Å². The molecule has 14 heavy (non-hydrogen) atoms. The molecular weight excluding hydrogens is 172 g/mol. The van der Waals surface area contributed by atoms with Crippen molar-refractivity contribution in [1.82, 2.24) is 0 Å². The number of hydrogen-bond donors (Lipinski definition) is 1. The van der Waals surface area contributed by atoms with Crippen LogP contribution < -0.4 is 0 Å². The van der Waals surface area contributed by atoms with Crippen LogP contribution in [0.5, 0.6) is 0 Å². The summed E-state index contributed by atoms with van der Waals surface area (Å²) in [5.74, 6) is 0.640. The van der Waals surface area contributed by atoms with Gasteiger partial charge >= 0.3 is 0 Å². The third kappa shape index (κ3) is 1.60. The van der Waals surface area contributed by atoms with Crippen molar-refractivity contribution in [2.45, 2.75) is 66.4 Å². The van der Waals surface area contributed by atoms with E-state index in [-0.39, 0.29) is 16.9 Å². The van der Waals surface area contributed by atoms with Crippen LogP contribution in [0, 0.1) is 16.7 Å². The van der Waals surface area contributed by atoms with Crippen LogP contribution in [0.2, 0.25) is 0 Å². The zero-order chi connectivity index (χ0) is 11.0. The SMILES string of the molecule is CCC(O)C1(C)C(C)CCCC1(C)C. The van der Waals surface area contributed by atoms with Gasteiger partial charge in [0.2, 0.25) is 0 Å². The van der Waals surface area contributed by atoms with Crippen LogP contribution in [0.25, 0.3) is 0 Å². The Morgan fingerprint density at radius 2 is 1.93 bits per heavy atom. The third-order valence-corrected chi connectivity index (χ3v) is 5.00. The summed E-state index contributed by atoms with van der Waals surface area (Å²) < 4.78 is 0. The highest BCUT2D eigenvalue weighted by molar-refractivity contribution is 5.00. The van der Waals surface area contributed by atoms with Gasteiger partial charge in [-0.3, -0.25) is 0 Å². The Labute approximate surface area is 88.9 Å². The molecule has 1 saturated carbocycles. The lowest BCUT2D eigenvalue weighted by atomic mass is 9.51. The Morgan fingerprint density at radius 3 is 2.36 bits per heavy atom. The quantitative estimate of drug-likeness (QED) is 0.718. The summed E-state index contributed by atoms with van der Waals surface area (Å²) in [6.45, 7) is 11.3. The number of aliphatic hydroxyl groups is 1. The second kappa shape index (κ2) is 3.84. The molecule has 1 aliphatic rings. The van der Waals surface area contributed by atoms with E-state index >= 15 is 0 Å². The minimum absolute atomic E-state index is 0.0972. The lowest BCUT2D eigenvalue weighted by molar-refractivity contribution is -0.113. The molecule has 0 amide bonds. The van der Waals surface area contributed by atoms with Crippen molar-refractivity contribution in [3.63, 3.8) is 0 Å². The number of hydrogen-bond acceptors (Lipinski definition) is 1. The summed E-state index contributed by atoms with van der Waals surface area (Å²) in [6.07, 6.45) is 4.58. The molecule has 0 aliphatic heterocycles. The fraction of sp³-hybridized carbons (Fsp3) is 1.00. The van der Waals surface area contributed by atoms with E-state index in [4.69, 9.17) is 0 Å². The van der Waals surface area contributed by atoms with Crippen molar-refractivity contribution < 1.29 is 5.11 Å². The predicted octanol–water partition coefficient (Wildman–Crippen LogP) is 3.61. The monoisotopic (exact) mass is 198 g/mol. The molecule has 1 heteroatoms. The molecule has 84 valence electrons. The van der Waals surface area contributed by atoms with Crippen LogP contribution in [-0.4, -0.2) is 11.2 Å². The largest absolute Gasteiger partial charge is 0.393 e. The molecule has 1 N–H and O–H groups in total. The molecule has 0 radical (unpaired) electrons. The average molecular weight is 198 g/mol. The van der Waals surface area contributed by atoms with Crippen LogP contribution in [0.15, 0.2) is 0 Å². The number of aliphatic hydroxyl groups excluding tert-OH is 1. The molecule has 0 aromatic rings. The van der Waals surface area contributed by atoms with Gasteiger partial charge in [-0.2, -0.15) is 0 Å². The highest BCUT2D eigenvalue weighted by Crippen LogP contribution is 2.55. The minimum atomic E-state index is -0.146. The van der Waals surface area contributed by atoms with E-state index < -0.39 is 0 Å². The van der Waals surface area contributed by atoms with Crippen LogP contribution >= 0.6 is 0 Å². The Kier molecular flexibility index (Phi) is 3.30. The van der Waals surface area contributed by atoms with Crippen LogP contribution in [0.3, 0.4) is 0 Å². The summed E-state index contributed by atoms with van der Waals surface area (Å²) in [5, 5.41) is 10.2. The molecule has 0 bridgehead atoms.